The van der Waals surface area contributed by atoms with Crippen LogP contribution in [0.3, 0.4) is 0 Å². The summed E-state index contributed by atoms with van der Waals surface area (Å²) in [6.07, 6.45) is 8.15. The van der Waals surface area contributed by atoms with Crippen LogP contribution in [0.1, 0.15) is 5.56 Å². The van der Waals surface area contributed by atoms with Gasteiger partial charge in [-0.25, -0.2) is 4.39 Å². The zero-order chi connectivity index (χ0) is 24.9. The lowest BCUT2D eigenvalue weighted by molar-refractivity contribution is 0.122. The molecule has 7 nitrogen and oxygen atoms in total. The lowest BCUT2D eigenvalue weighted by Crippen LogP contribution is -2.44. The van der Waals surface area contributed by atoms with Crippen molar-refractivity contribution in [3.05, 3.63) is 83.8 Å². The number of nitrogens with zero attached hydrogens (tertiary/aromatic N) is 4. The monoisotopic (exact) mass is 491 g/mol. The zero-order valence-electron chi connectivity index (χ0n) is 21.0. The molecule has 0 bridgehead atoms. The molecule has 3 aliphatic rings. The Morgan fingerprint density at radius 1 is 1.08 bits per heavy atom. The van der Waals surface area contributed by atoms with E-state index in [4.69, 9.17) is 9.47 Å². The average molecular weight is 492 g/mol. The minimum absolute atomic E-state index is 0.264. The number of benzene rings is 2. The van der Waals surface area contributed by atoms with Crippen molar-refractivity contribution in [1.29, 1.82) is 0 Å². The number of hydrogen-bond donors (Lipinski definition) is 1. The number of anilines is 2. The number of ether oxygens (including phenoxy) is 2. The number of likely N-dealkylation sites (N-methyl/N-ethyl adjacent to an activating group) is 1. The molecule has 2 aromatic carbocycles. The first-order chi connectivity index (χ1) is 17.6. The molecule has 190 valence electrons. The Morgan fingerprint density at radius 2 is 1.89 bits per heavy atom. The van der Waals surface area contributed by atoms with E-state index in [0.717, 1.165) is 56.5 Å². The zero-order valence-corrected chi connectivity index (χ0v) is 21.0. The summed E-state index contributed by atoms with van der Waals surface area (Å²) in [5, 5.41) is 2.12. The standard InChI is InChI=1S/C28H34FN5O2/c1-31(2)14-19-36-25-10-11-27(29)26(20-25)28-5-3-4-24-12-13-33(21-34(24)28)30-22-6-8-23(9-7-22)32-15-17-35-18-16-32/h3-12,20,30H,13-19,21H2,1-2H3. The molecule has 0 amide bonds. The number of halogens is 1. The number of hydrogen-bond acceptors (Lipinski definition) is 7. The number of rotatable bonds is 8. The summed E-state index contributed by atoms with van der Waals surface area (Å²) in [5.41, 5.74) is 8.14. The minimum Gasteiger partial charge on any atom is -0.492 e. The van der Waals surface area contributed by atoms with Crippen LogP contribution < -0.4 is 15.1 Å². The molecule has 0 radical (unpaired) electrons. The van der Waals surface area contributed by atoms with E-state index < -0.39 is 0 Å². The van der Waals surface area contributed by atoms with Crippen LogP contribution in [-0.2, 0) is 4.74 Å². The quantitative estimate of drug-likeness (QED) is 0.599. The van der Waals surface area contributed by atoms with Gasteiger partial charge in [0, 0.05) is 48.8 Å². The summed E-state index contributed by atoms with van der Waals surface area (Å²) in [4.78, 5) is 6.52. The molecule has 3 aliphatic heterocycles. The van der Waals surface area contributed by atoms with Gasteiger partial charge in [0.1, 0.15) is 18.2 Å². The van der Waals surface area contributed by atoms with Gasteiger partial charge in [0.25, 0.3) is 0 Å². The molecule has 36 heavy (non-hydrogen) atoms. The summed E-state index contributed by atoms with van der Waals surface area (Å²) < 4.78 is 26.3. The van der Waals surface area contributed by atoms with Crippen molar-refractivity contribution in [1.82, 2.24) is 14.8 Å². The molecule has 2 aromatic rings. The molecular formula is C28H34FN5O2. The molecule has 8 heteroatoms. The fourth-order valence-corrected chi connectivity index (χ4v) is 4.53. The highest BCUT2D eigenvalue weighted by atomic mass is 19.1. The van der Waals surface area contributed by atoms with Crippen LogP contribution in [0.4, 0.5) is 15.8 Å². The number of nitrogens with one attached hydrogen (secondary N) is 1. The Balaban J connectivity index is 1.28. The highest BCUT2D eigenvalue weighted by molar-refractivity contribution is 5.71. The number of hydrazine groups is 1. The van der Waals surface area contributed by atoms with Gasteiger partial charge in [-0.15, -0.1) is 0 Å². The van der Waals surface area contributed by atoms with Gasteiger partial charge in [0.2, 0.25) is 0 Å². The second-order valence-corrected chi connectivity index (χ2v) is 9.38. The van der Waals surface area contributed by atoms with Crippen molar-refractivity contribution >= 4 is 17.1 Å². The lowest BCUT2D eigenvalue weighted by Gasteiger charge is -2.39. The van der Waals surface area contributed by atoms with Crippen LogP contribution in [0.5, 0.6) is 5.75 Å². The van der Waals surface area contributed by atoms with Gasteiger partial charge >= 0.3 is 0 Å². The predicted molar refractivity (Wildman–Crippen MR) is 142 cm³/mol. The molecule has 0 saturated carbocycles. The lowest BCUT2D eigenvalue weighted by atomic mass is 10.0. The van der Waals surface area contributed by atoms with Crippen molar-refractivity contribution in [2.24, 2.45) is 0 Å². The Bertz CT molecular complexity index is 1140. The fraction of sp³-hybridized carbons (Fsp3) is 0.357. The second kappa shape index (κ2) is 11.2. The molecule has 0 aromatic heterocycles. The molecule has 0 aliphatic carbocycles. The third-order valence-electron chi connectivity index (χ3n) is 6.51. The van der Waals surface area contributed by atoms with E-state index in [-0.39, 0.29) is 5.82 Å². The van der Waals surface area contributed by atoms with E-state index in [1.54, 1.807) is 12.1 Å². The van der Waals surface area contributed by atoms with Gasteiger partial charge in [-0.05, 0) is 74.8 Å². The van der Waals surface area contributed by atoms with Gasteiger partial charge in [-0.2, -0.15) is 5.01 Å². The SMILES string of the molecule is CN(C)CCOc1ccc(F)c(C2=CC=CC3=CCN(Nc4ccc(N5CCOCC5)cc4)CN32)c1. The Kier molecular flexibility index (Phi) is 7.55. The number of allylic oxidation sites excluding steroid dienone is 3. The molecule has 1 fully saturated rings. The molecule has 0 atom stereocenters. The average Bonchev–Trinajstić information content (AvgIpc) is 2.90. The van der Waals surface area contributed by atoms with E-state index in [0.29, 0.717) is 24.6 Å². The Labute approximate surface area is 212 Å². The van der Waals surface area contributed by atoms with E-state index in [2.05, 4.69) is 61.6 Å². The van der Waals surface area contributed by atoms with Gasteiger partial charge in [-0.3, -0.25) is 0 Å². The first-order valence-corrected chi connectivity index (χ1v) is 12.4. The summed E-state index contributed by atoms with van der Waals surface area (Å²) in [6, 6.07) is 13.5. The van der Waals surface area contributed by atoms with E-state index in [9.17, 15) is 4.39 Å². The molecule has 5 rings (SSSR count). The predicted octanol–water partition coefficient (Wildman–Crippen LogP) is 4.00. The van der Waals surface area contributed by atoms with E-state index in [1.807, 2.05) is 26.2 Å². The molecule has 0 unspecified atom stereocenters. The molecule has 1 saturated heterocycles. The third kappa shape index (κ3) is 5.73. The summed E-state index contributed by atoms with van der Waals surface area (Å²) >= 11 is 0. The molecule has 0 spiro atoms. The normalized spacial score (nSPS) is 18.1. The van der Waals surface area contributed by atoms with Crippen molar-refractivity contribution in [2.45, 2.75) is 0 Å². The van der Waals surface area contributed by atoms with E-state index >= 15 is 0 Å². The van der Waals surface area contributed by atoms with Crippen LogP contribution in [-0.4, -0.2) is 81.6 Å². The summed E-state index contributed by atoms with van der Waals surface area (Å²) in [7, 11) is 4.00. The Hall–Kier alpha value is -3.33. The topological polar surface area (TPSA) is 43.5 Å². The van der Waals surface area contributed by atoms with Crippen molar-refractivity contribution in [3.63, 3.8) is 0 Å². The summed E-state index contributed by atoms with van der Waals surface area (Å²) in [5.74, 6) is 0.404. The smallest absolute Gasteiger partial charge is 0.132 e. The number of morpholine rings is 1. The van der Waals surface area contributed by atoms with Gasteiger partial charge in [0.05, 0.1) is 25.6 Å². The van der Waals surface area contributed by atoms with Crippen molar-refractivity contribution < 1.29 is 13.9 Å². The first kappa shape index (κ1) is 24.4. The van der Waals surface area contributed by atoms with Crippen LogP contribution in [0.2, 0.25) is 0 Å². The van der Waals surface area contributed by atoms with E-state index in [1.165, 1.54) is 11.8 Å². The van der Waals surface area contributed by atoms with Crippen molar-refractivity contribution in [2.75, 3.05) is 77.1 Å². The molecule has 3 heterocycles. The van der Waals surface area contributed by atoms with Crippen molar-refractivity contribution in [3.8, 4) is 5.75 Å². The Morgan fingerprint density at radius 3 is 2.67 bits per heavy atom. The second-order valence-electron chi connectivity index (χ2n) is 9.38. The van der Waals surface area contributed by atoms with Crippen LogP contribution in [0.15, 0.2) is 72.5 Å². The fourth-order valence-electron chi connectivity index (χ4n) is 4.53. The maximum absolute atomic E-state index is 15.0. The minimum atomic E-state index is -0.264. The maximum Gasteiger partial charge on any atom is 0.132 e. The first-order valence-electron chi connectivity index (χ1n) is 12.4. The molecular weight excluding hydrogens is 457 g/mol. The van der Waals surface area contributed by atoms with Crippen LogP contribution in [0, 0.1) is 5.82 Å². The van der Waals surface area contributed by atoms with Crippen LogP contribution in [0.25, 0.3) is 5.70 Å². The van der Waals surface area contributed by atoms with Gasteiger partial charge < -0.3 is 29.6 Å². The highest BCUT2D eigenvalue weighted by Crippen LogP contribution is 2.33. The third-order valence-corrected chi connectivity index (χ3v) is 6.51. The highest BCUT2D eigenvalue weighted by Gasteiger charge is 2.25. The van der Waals surface area contributed by atoms with Crippen LogP contribution >= 0.6 is 0 Å². The summed E-state index contributed by atoms with van der Waals surface area (Å²) in [6.45, 7) is 6.05. The molecule has 1 N–H and O–H groups in total. The van der Waals surface area contributed by atoms with Gasteiger partial charge in [0.15, 0.2) is 0 Å². The number of fused-ring (bicyclic) bond motifs is 1. The largest absolute Gasteiger partial charge is 0.492 e. The van der Waals surface area contributed by atoms with Gasteiger partial charge in [-0.1, -0.05) is 6.08 Å². The maximum atomic E-state index is 15.0.